The Balaban J connectivity index is 2.41. The SMILES string of the molecule is CC(=O)C1=CC(c2ccc(Br)cc2)CC(F)(C(C)=O)O1. The van der Waals surface area contributed by atoms with Gasteiger partial charge in [0.25, 0.3) is 0 Å². The summed E-state index contributed by atoms with van der Waals surface area (Å²) < 4.78 is 20.4. The Morgan fingerprint density at radius 3 is 2.40 bits per heavy atom. The average Bonchev–Trinajstić information content (AvgIpc) is 2.38. The number of hydrogen-bond donors (Lipinski definition) is 0. The second-order valence-corrected chi connectivity index (χ2v) is 5.75. The molecule has 1 heterocycles. The van der Waals surface area contributed by atoms with Gasteiger partial charge in [-0.25, -0.2) is 0 Å². The van der Waals surface area contributed by atoms with Gasteiger partial charge in [-0.2, -0.15) is 4.39 Å². The van der Waals surface area contributed by atoms with Gasteiger partial charge >= 0.3 is 5.85 Å². The molecule has 0 aliphatic carbocycles. The standard InChI is InChI=1S/C15H14BrFO3/c1-9(18)14-7-12(8-15(17,20-14)10(2)19)11-3-5-13(16)6-4-11/h3-7,12H,8H2,1-2H3. The lowest BCUT2D eigenvalue weighted by Gasteiger charge is -2.32. The maximum atomic E-state index is 14.5. The zero-order chi connectivity index (χ0) is 14.9. The van der Waals surface area contributed by atoms with Crippen molar-refractivity contribution < 1.29 is 18.7 Å². The van der Waals surface area contributed by atoms with Crippen LogP contribution in [0.3, 0.4) is 0 Å². The van der Waals surface area contributed by atoms with Crippen LogP contribution >= 0.6 is 15.9 Å². The fourth-order valence-electron chi connectivity index (χ4n) is 2.10. The van der Waals surface area contributed by atoms with Gasteiger partial charge in [0.1, 0.15) is 0 Å². The molecule has 106 valence electrons. The lowest BCUT2D eigenvalue weighted by Crippen LogP contribution is -2.40. The van der Waals surface area contributed by atoms with Crippen LogP contribution in [0.15, 0.2) is 40.6 Å². The number of hydrogen-bond acceptors (Lipinski definition) is 3. The van der Waals surface area contributed by atoms with Crippen molar-refractivity contribution in [2.45, 2.75) is 32.0 Å². The molecule has 0 amide bonds. The van der Waals surface area contributed by atoms with Gasteiger partial charge in [-0.05, 0) is 23.8 Å². The molecule has 0 aromatic heterocycles. The van der Waals surface area contributed by atoms with E-state index in [-0.39, 0.29) is 18.1 Å². The zero-order valence-electron chi connectivity index (χ0n) is 11.2. The van der Waals surface area contributed by atoms with Gasteiger partial charge in [-0.1, -0.05) is 28.1 Å². The number of carbonyl (C=O) groups is 2. The maximum Gasteiger partial charge on any atom is 0.307 e. The van der Waals surface area contributed by atoms with Gasteiger partial charge in [0.2, 0.25) is 5.78 Å². The Morgan fingerprint density at radius 2 is 1.90 bits per heavy atom. The monoisotopic (exact) mass is 340 g/mol. The molecule has 3 nitrogen and oxygen atoms in total. The van der Waals surface area contributed by atoms with Gasteiger partial charge in [0, 0.05) is 30.7 Å². The summed E-state index contributed by atoms with van der Waals surface area (Å²) in [6, 6.07) is 7.32. The molecule has 0 spiro atoms. The van der Waals surface area contributed by atoms with Crippen molar-refractivity contribution in [3.05, 3.63) is 46.1 Å². The average molecular weight is 341 g/mol. The van der Waals surface area contributed by atoms with E-state index >= 15 is 0 Å². The molecule has 2 unspecified atom stereocenters. The molecule has 2 atom stereocenters. The molecule has 1 aliphatic rings. The van der Waals surface area contributed by atoms with E-state index in [0.717, 1.165) is 17.0 Å². The topological polar surface area (TPSA) is 43.4 Å². The third-order valence-electron chi connectivity index (χ3n) is 3.28. The van der Waals surface area contributed by atoms with Crippen molar-refractivity contribution in [1.82, 2.24) is 0 Å². The first-order chi connectivity index (χ1) is 9.32. The lowest BCUT2D eigenvalue weighted by molar-refractivity contribution is -0.168. The van der Waals surface area contributed by atoms with Crippen LogP contribution in [0.2, 0.25) is 0 Å². The summed E-state index contributed by atoms with van der Waals surface area (Å²) in [5.74, 6) is -4.03. The van der Waals surface area contributed by atoms with Gasteiger partial charge in [-0.3, -0.25) is 9.59 Å². The van der Waals surface area contributed by atoms with Crippen LogP contribution in [0.5, 0.6) is 0 Å². The van der Waals surface area contributed by atoms with Crippen molar-refractivity contribution in [3.63, 3.8) is 0 Å². The summed E-state index contributed by atoms with van der Waals surface area (Å²) in [5, 5.41) is 0. The number of carbonyl (C=O) groups excluding carboxylic acids is 2. The summed E-state index contributed by atoms with van der Waals surface area (Å²) >= 11 is 3.33. The molecule has 1 aromatic rings. The third kappa shape index (κ3) is 2.98. The van der Waals surface area contributed by atoms with E-state index in [0.29, 0.717) is 0 Å². The number of allylic oxidation sites excluding steroid dienone is 2. The fourth-order valence-corrected chi connectivity index (χ4v) is 2.37. The fraction of sp³-hybridized carbons (Fsp3) is 0.333. The summed E-state index contributed by atoms with van der Waals surface area (Å²) in [7, 11) is 0. The lowest BCUT2D eigenvalue weighted by atomic mass is 9.88. The molecule has 0 fully saturated rings. The van der Waals surface area contributed by atoms with Crippen molar-refractivity contribution in [1.29, 1.82) is 0 Å². The Bertz CT molecular complexity index is 579. The summed E-state index contributed by atoms with van der Waals surface area (Å²) in [5.41, 5.74) is 0.832. The number of Topliss-reactive ketones (excluding diaryl/α,β-unsaturated/α-hetero) is 2. The first-order valence-corrected chi connectivity index (χ1v) is 6.98. The zero-order valence-corrected chi connectivity index (χ0v) is 12.7. The van der Waals surface area contributed by atoms with Gasteiger partial charge in [0.05, 0.1) is 0 Å². The van der Waals surface area contributed by atoms with E-state index in [1.165, 1.54) is 6.92 Å². The number of alkyl halides is 1. The molecule has 1 aromatic carbocycles. The minimum atomic E-state index is -2.44. The van der Waals surface area contributed by atoms with E-state index in [4.69, 9.17) is 4.74 Å². The Labute approximate surface area is 124 Å². The van der Waals surface area contributed by atoms with E-state index in [2.05, 4.69) is 15.9 Å². The van der Waals surface area contributed by atoms with Crippen molar-refractivity contribution in [2.75, 3.05) is 0 Å². The molecular formula is C15H14BrFO3. The quantitative estimate of drug-likeness (QED) is 0.842. The number of halogens is 2. The van der Waals surface area contributed by atoms with Crippen molar-refractivity contribution >= 4 is 27.5 Å². The maximum absolute atomic E-state index is 14.5. The molecule has 0 radical (unpaired) electrons. The molecule has 20 heavy (non-hydrogen) atoms. The highest BCUT2D eigenvalue weighted by Gasteiger charge is 2.44. The minimum Gasteiger partial charge on any atom is -0.448 e. The number of ketones is 2. The van der Waals surface area contributed by atoms with Crippen LogP contribution in [0.1, 0.15) is 31.7 Å². The first kappa shape index (κ1) is 14.9. The number of ether oxygens (including phenoxy) is 1. The van der Waals surface area contributed by atoms with Gasteiger partial charge < -0.3 is 4.74 Å². The molecule has 2 rings (SSSR count). The number of rotatable bonds is 3. The number of benzene rings is 1. The molecule has 0 N–H and O–H groups in total. The summed E-state index contributed by atoms with van der Waals surface area (Å²) in [6.07, 6.45) is 1.45. The molecule has 1 aliphatic heterocycles. The molecule has 0 bridgehead atoms. The Kier molecular flexibility index (Phi) is 4.09. The van der Waals surface area contributed by atoms with E-state index in [9.17, 15) is 14.0 Å². The van der Waals surface area contributed by atoms with E-state index in [1.54, 1.807) is 6.08 Å². The molecule has 5 heteroatoms. The molecule has 0 saturated carbocycles. The van der Waals surface area contributed by atoms with Crippen LogP contribution in [-0.2, 0) is 14.3 Å². The van der Waals surface area contributed by atoms with E-state index in [1.807, 2.05) is 24.3 Å². The van der Waals surface area contributed by atoms with Crippen LogP contribution in [-0.4, -0.2) is 17.4 Å². The predicted octanol–water partition coefficient (Wildman–Crippen LogP) is 3.68. The van der Waals surface area contributed by atoms with Crippen LogP contribution < -0.4 is 0 Å². The first-order valence-electron chi connectivity index (χ1n) is 6.19. The van der Waals surface area contributed by atoms with Crippen molar-refractivity contribution in [3.8, 4) is 0 Å². The third-order valence-corrected chi connectivity index (χ3v) is 3.81. The van der Waals surface area contributed by atoms with Gasteiger partial charge in [0.15, 0.2) is 11.5 Å². The van der Waals surface area contributed by atoms with Crippen LogP contribution in [0.25, 0.3) is 0 Å². The highest BCUT2D eigenvalue weighted by molar-refractivity contribution is 9.10. The normalized spacial score (nSPS) is 25.6. The van der Waals surface area contributed by atoms with Crippen LogP contribution in [0, 0.1) is 0 Å². The summed E-state index contributed by atoms with van der Waals surface area (Å²) in [6.45, 7) is 2.41. The molecular weight excluding hydrogens is 327 g/mol. The minimum absolute atomic E-state index is 0.0955. The highest BCUT2D eigenvalue weighted by Crippen LogP contribution is 2.39. The van der Waals surface area contributed by atoms with E-state index < -0.39 is 17.4 Å². The smallest absolute Gasteiger partial charge is 0.307 e. The largest absolute Gasteiger partial charge is 0.448 e. The second-order valence-electron chi connectivity index (χ2n) is 4.84. The Hall–Kier alpha value is -1.49. The summed E-state index contributed by atoms with van der Waals surface area (Å²) in [4.78, 5) is 22.9. The molecule has 0 saturated heterocycles. The Morgan fingerprint density at radius 1 is 1.30 bits per heavy atom. The van der Waals surface area contributed by atoms with Gasteiger partial charge in [-0.15, -0.1) is 0 Å². The van der Waals surface area contributed by atoms with Crippen molar-refractivity contribution in [2.24, 2.45) is 0 Å². The van der Waals surface area contributed by atoms with Crippen LogP contribution in [0.4, 0.5) is 4.39 Å². The second kappa shape index (κ2) is 5.48. The highest BCUT2D eigenvalue weighted by atomic mass is 79.9. The predicted molar refractivity (Wildman–Crippen MR) is 75.9 cm³/mol.